The average molecular weight is 299 g/mol. The van der Waals surface area contributed by atoms with E-state index in [9.17, 15) is 9.90 Å². The molecular weight excluding hydrogens is 266 g/mol. The summed E-state index contributed by atoms with van der Waals surface area (Å²) in [7, 11) is 4.17. The molecule has 1 aliphatic carbocycles. The summed E-state index contributed by atoms with van der Waals surface area (Å²) in [4.78, 5) is 16.4. The first-order chi connectivity index (χ1) is 9.86. The van der Waals surface area contributed by atoms with E-state index < -0.39 is 11.5 Å². The van der Waals surface area contributed by atoms with Gasteiger partial charge in [0.25, 0.3) is 0 Å². The van der Waals surface area contributed by atoms with Crippen LogP contribution in [0, 0.1) is 0 Å². The van der Waals surface area contributed by atoms with Gasteiger partial charge in [-0.3, -0.25) is 9.69 Å². The van der Waals surface area contributed by atoms with E-state index in [-0.39, 0.29) is 0 Å². The lowest BCUT2D eigenvalue weighted by molar-refractivity contribution is -0.144. The molecule has 124 valence electrons. The minimum absolute atomic E-state index is 0.366. The number of hydrogen-bond acceptors (Lipinski definition) is 4. The first kappa shape index (κ1) is 18.4. The second-order valence-electron chi connectivity index (χ2n) is 6.65. The minimum Gasteiger partial charge on any atom is -0.480 e. The van der Waals surface area contributed by atoms with Crippen molar-refractivity contribution in [3.8, 4) is 0 Å². The molecule has 3 atom stereocenters. The van der Waals surface area contributed by atoms with Gasteiger partial charge in [0.2, 0.25) is 0 Å². The molecule has 0 bridgehead atoms. The number of aliphatic carboxylic acids is 1. The fraction of sp³-hybridized carbons (Fsp3) is 0.938. The summed E-state index contributed by atoms with van der Waals surface area (Å²) in [6, 6.07) is 0.816. The molecule has 0 aromatic carbocycles. The zero-order valence-corrected chi connectivity index (χ0v) is 14.4. The number of nitrogens with one attached hydrogen (secondary N) is 1. The Hall–Kier alpha value is -0.650. The molecule has 0 radical (unpaired) electrons. The molecule has 0 spiro atoms. The lowest BCUT2D eigenvalue weighted by Gasteiger charge is -2.36. The third-order valence-electron chi connectivity index (χ3n) is 4.64. The van der Waals surface area contributed by atoms with Gasteiger partial charge in [-0.05, 0) is 59.8 Å². The molecule has 1 rings (SSSR count). The molecule has 1 fully saturated rings. The average Bonchev–Trinajstić information content (AvgIpc) is 2.82. The van der Waals surface area contributed by atoms with Gasteiger partial charge in [0, 0.05) is 18.6 Å². The van der Waals surface area contributed by atoms with Crippen molar-refractivity contribution in [2.45, 2.75) is 64.1 Å². The smallest absolute Gasteiger partial charge is 0.323 e. The number of carboxylic acids is 1. The predicted octanol–water partition coefficient (Wildman–Crippen LogP) is 1.63. The largest absolute Gasteiger partial charge is 0.480 e. The molecule has 0 saturated heterocycles. The van der Waals surface area contributed by atoms with Crippen LogP contribution in [0.5, 0.6) is 0 Å². The van der Waals surface area contributed by atoms with Crippen LogP contribution in [-0.4, -0.2) is 72.2 Å². The molecule has 3 unspecified atom stereocenters. The van der Waals surface area contributed by atoms with Crippen LogP contribution in [0.25, 0.3) is 0 Å². The third-order valence-corrected chi connectivity index (χ3v) is 4.64. The van der Waals surface area contributed by atoms with Crippen LogP contribution in [0.2, 0.25) is 0 Å². The lowest BCUT2D eigenvalue weighted by atomic mass is 9.96. The molecule has 0 heterocycles. The van der Waals surface area contributed by atoms with Crippen LogP contribution in [0.15, 0.2) is 0 Å². The van der Waals surface area contributed by atoms with E-state index in [0.717, 1.165) is 38.9 Å². The maximum Gasteiger partial charge on any atom is 0.323 e. The predicted molar refractivity (Wildman–Crippen MR) is 86.7 cm³/mol. The summed E-state index contributed by atoms with van der Waals surface area (Å²) in [5, 5.41) is 13.0. The van der Waals surface area contributed by atoms with Crippen LogP contribution in [0.3, 0.4) is 0 Å². The van der Waals surface area contributed by atoms with E-state index in [0.29, 0.717) is 18.5 Å². The van der Waals surface area contributed by atoms with E-state index in [1.54, 1.807) is 0 Å². The molecule has 21 heavy (non-hydrogen) atoms. The highest BCUT2D eigenvalue weighted by Crippen LogP contribution is 2.34. The van der Waals surface area contributed by atoms with Gasteiger partial charge < -0.3 is 15.3 Å². The van der Waals surface area contributed by atoms with Crippen LogP contribution in [-0.2, 0) is 4.79 Å². The van der Waals surface area contributed by atoms with Crippen LogP contribution in [0.4, 0.5) is 0 Å². The van der Waals surface area contributed by atoms with Gasteiger partial charge in [0.1, 0.15) is 5.54 Å². The van der Waals surface area contributed by atoms with Gasteiger partial charge in [-0.2, -0.15) is 0 Å². The maximum absolute atomic E-state index is 11.7. The van der Waals surface area contributed by atoms with Crippen molar-refractivity contribution in [1.29, 1.82) is 0 Å². The van der Waals surface area contributed by atoms with Gasteiger partial charge in [-0.15, -0.1) is 0 Å². The van der Waals surface area contributed by atoms with Gasteiger partial charge in [0.05, 0.1) is 0 Å². The van der Waals surface area contributed by atoms with Crippen molar-refractivity contribution in [3.05, 3.63) is 0 Å². The zero-order valence-electron chi connectivity index (χ0n) is 14.4. The quantitative estimate of drug-likeness (QED) is 0.678. The van der Waals surface area contributed by atoms with Gasteiger partial charge in [-0.1, -0.05) is 13.8 Å². The monoisotopic (exact) mass is 299 g/mol. The van der Waals surface area contributed by atoms with Gasteiger partial charge >= 0.3 is 5.97 Å². The molecular formula is C16H33N3O2. The topological polar surface area (TPSA) is 55.8 Å². The fourth-order valence-corrected chi connectivity index (χ4v) is 3.66. The van der Waals surface area contributed by atoms with Crippen molar-refractivity contribution in [2.24, 2.45) is 0 Å². The van der Waals surface area contributed by atoms with Gasteiger partial charge in [-0.25, -0.2) is 0 Å². The normalized spacial score (nSPS) is 27.5. The number of likely N-dealkylation sites (N-methyl/N-ethyl adjacent to an activating group) is 2. The Kier molecular flexibility index (Phi) is 7.10. The first-order valence-electron chi connectivity index (χ1n) is 8.25. The van der Waals surface area contributed by atoms with Crippen molar-refractivity contribution < 1.29 is 9.90 Å². The summed E-state index contributed by atoms with van der Waals surface area (Å²) in [6.07, 6.45) is 3.38. The van der Waals surface area contributed by atoms with Crippen LogP contribution in [0.1, 0.15) is 46.5 Å². The third kappa shape index (κ3) is 4.66. The van der Waals surface area contributed by atoms with Crippen LogP contribution >= 0.6 is 0 Å². The Labute approximate surface area is 129 Å². The standard InChI is InChI=1S/C16H33N3O2/c1-6-10-17-16(15(20)21)9-8-14(11-16)19(7-2)13(3)12-18(4)5/h13-14,17H,6-12H2,1-5H3,(H,20,21). The highest BCUT2D eigenvalue weighted by molar-refractivity contribution is 5.79. The maximum atomic E-state index is 11.7. The minimum atomic E-state index is -0.716. The summed E-state index contributed by atoms with van der Waals surface area (Å²) < 4.78 is 0. The number of carboxylic acid groups (broad SMARTS) is 1. The van der Waals surface area contributed by atoms with Crippen LogP contribution < -0.4 is 5.32 Å². The number of carbonyl (C=O) groups is 1. The number of nitrogens with zero attached hydrogens (tertiary/aromatic N) is 2. The molecule has 5 nitrogen and oxygen atoms in total. The Balaban J connectivity index is 2.74. The Morgan fingerprint density at radius 1 is 1.43 bits per heavy atom. The highest BCUT2D eigenvalue weighted by atomic mass is 16.4. The molecule has 0 aromatic rings. The molecule has 0 aromatic heterocycles. The molecule has 0 amide bonds. The zero-order chi connectivity index (χ0) is 16.0. The first-order valence-corrected chi connectivity index (χ1v) is 8.25. The SMILES string of the molecule is CCCNC1(C(=O)O)CCC(N(CC)C(C)CN(C)C)C1. The molecule has 1 saturated carbocycles. The second kappa shape index (κ2) is 8.11. The summed E-state index contributed by atoms with van der Waals surface area (Å²) in [5.41, 5.74) is -0.716. The van der Waals surface area contributed by atoms with E-state index in [1.807, 2.05) is 0 Å². The van der Waals surface area contributed by atoms with Crippen molar-refractivity contribution in [2.75, 3.05) is 33.7 Å². The van der Waals surface area contributed by atoms with Crippen molar-refractivity contribution >= 4 is 5.97 Å². The molecule has 1 aliphatic rings. The lowest BCUT2D eigenvalue weighted by Crippen LogP contribution is -2.52. The Morgan fingerprint density at radius 2 is 2.10 bits per heavy atom. The molecule has 5 heteroatoms. The fourth-order valence-electron chi connectivity index (χ4n) is 3.66. The molecule has 2 N–H and O–H groups in total. The van der Waals surface area contributed by atoms with E-state index >= 15 is 0 Å². The Morgan fingerprint density at radius 3 is 2.57 bits per heavy atom. The van der Waals surface area contributed by atoms with Crippen molar-refractivity contribution in [1.82, 2.24) is 15.1 Å². The summed E-state index contributed by atoms with van der Waals surface area (Å²) in [5.74, 6) is -0.685. The van der Waals surface area contributed by atoms with E-state index in [4.69, 9.17) is 0 Å². The second-order valence-corrected chi connectivity index (χ2v) is 6.65. The molecule has 0 aliphatic heterocycles. The number of hydrogen-bond donors (Lipinski definition) is 2. The Bertz CT molecular complexity index is 335. The van der Waals surface area contributed by atoms with Crippen molar-refractivity contribution in [3.63, 3.8) is 0 Å². The summed E-state index contributed by atoms with van der Waals surface area (Å²) >= 11 is 0. The van der Waals surface area contributed by atoms with E-state index in [1.165, 1.54) is 0 Å². The van der Waals surface area contributed by atoms with E-state index in [2.05, 4.69) is 50.0 Å². The number of rotatable bonds is 9. The highest BCUT2D eigenvalue weighted by Gasteiger charge is 2.46. The summed E-state index contributed by atoms with van der Waals surface area (Å²) in [6.45, 7) is 9.25. The van der Waals surface area contributed by atoms with Gasteiger partial charge in [0.15, 0.2) is 0 Å².